The van der Waals surface area contributed by atoms with E-state index in [2.05, 4.69) is 4.74 Å². The maximum absolute atomic E-state index is 10.9. The van der Waals surface area contributed by atoms with Gasteiger partial charge in [0, 0.05) is 5.71 Å². The van der Waals surface area contributed by atoms with Gasteiger partial charge in [0.25, 0.3) is 0 Å². The lowest BCUT2D eigenvalue weighted by Crippen LogP contribution is -2.22. The molecule has 1 aliphatic rings. The van der Waals surface area contributed by atoms with Gasteiger partial charge in [0.15, 0.2) is 0 Å². The molecule has 0 spiro atoms. The zero-order valence-electron chi connectivity index (χ0n) is 6.61. The minimum atomic E-state index is -0.509. The molecule has 0 saturated heterocycles. The van der Waals surface area contributed by atoms with E-state index < -0.39 is 5.92 Å². The summed E-state index contributed by atoms with van der Waals surface area (Å²) in [6.07, 6.45) is 6.69. The van der Waals surface area contributed by atoms with Crippen LogP contribution in [-0.4, -0.2) is 18.8 Å². The van der Waals surface area contributed by atoms with Crippen LogP contribution in [0.3, 0.4) is 0 Å². The maximum atomic E-state index is 10.9. The molecule has 4 heteroatoms. The van der Waals surface area contributed by atoms with E-state index in [-0.39, 0.29) is 24.1 Å². The minimum absolute atomic E-state index is 0. The summed E-state index contributed by atoms with van der Waals surface area (Å²) in [5.74, 6) is -0.888. The van der Waals surface area contributed by atoms with Crippen LogP contribution in [0.4, 0.5) is 0 Å². The van der Waals surface area contributed by atoms with Crippen molar-refractivity contribution in [3.8, 4) is 0 Å². The Hall–Kier alpha value is -1.09. The third-order valence-electron chi connectivity index (χ3n) is 1.48. The van der Waals surface area contributed by atoms with Gasteiger partial charge in [-0.25, -0.2) is 0 Å². The van der Waals surface area contributed by atoms with Crippen LogP contribution in [0.25, 0.3) is 0 Å². The molecule has 1 rings (SSSR count). The number of methoxy groups -OCH3 is 1. The molecule has 1 N–H and O–H groups in total. The van der Waals surface area contributed by atoms with Crippen molar-refractivity contribution in [2.75, 3.05) is 7.11 Å². The molecule has 1 unspecified atom stereocenters. The SMILES string of the molecule is COC(=O)C1C=CC=CC1=N.Cl. The molecule has 0 bridgehead atoms. The topological polar surface area (TPSA) is 50.2 Å². The molecule has 0 radical (unpaired) electrons. The second kappa shape index (κ2) is 4.72. The number of allylic oxidation sites excluding steroid dienone is 3. The largest absolute Gasteiger partial charge is 0.468 e. The summed E-state index contributed by atoms with van der Waals surface area (Å²) >= 11 is 0. The van der Waals surface area contributed by atoms with E-state index in [0.717, 1.165) is 0 Å². The Morgan fingerprint density at radius 3 is 2.75 bits per heavy atom. The van der Waals surface area contributed by atoms with Crippen molar-refractivity contribution in [1.29, 1.82) is 5.41 Å². The summed E-state index contributed by atoms with van der Waals surface area (Å²) in [6, 6.07) is 0. The van der Waals surface area contributed by atoms with Crippen LogP contribution in [-0.2, 0) is 9.53 Å². The molecule has 0 saturated carbocycles. The van der Waals surface area contributed by atoms with Gasteiger partial charge in [-0.2, -0.15) is 0 Å². The Morgan fingerprint density at radius 1 is 1.58 bits per heavy atom. The minimum Gasteiger partial charge on any atom is -0.468 e. The molecule has 0 fully saturated rings. The van der Waals surface area contributed by atoms with Crippen LogP contribution in [0.2, 0.25) is 0 Å². The van der Waals surface area contributed by atoms with Crippen molar-refractivity contribution < 1.29 is 9.53 Å². The van der Waals surface area contributed by atoms with Crippen molar-refractivity contribution in [2.45, 2.75) is 0 Å². The van der Waals surface area contributed by atoms with Crippen LogP contribution in [0.5, 0.6) is 0 Å². The fraction of sp³-hybridized carbons (Fsp3) is 0.250. The first-order valence-corrected chi connectivity index (χ1v) is 3.27. The number of esters is 1. The van der Waals surface area contributed by atoms with E-state index in [0.29, 0.717) is 0 Å². The summed E-state index contributed by atoms with van der Waals surface area (Å²) in [5, 5.41) is 7.34. The van der Waals surface area contributed by atoms with Gasteiger partial charge in [0.2, 0.25) is 0 Å². The Balaban J connectivity index is 0.00000121. The standard InChI is InChI=1S/C8H9NO2.ClH/c1-11-8(10)6-4-2-3-5-7(6)9;/h2-6,9H,1H3;1H. The Kier molecular flexibility index (Phi) is 4.29. The number of hydrogen-bond acceptors (Lipinski definition) is 3. The molecule has 3 nitrogen and oxygen atoms in total. The highest BCUT2D eigenvalue weighted by atomic mass is 35.5. The number of nitrogens with one attached hydrogen (secondary N) is 1. The molecule has 0 aromatic carbocycles. The molecule has 1 atom stereocenters. The van der Waals surface area contributed by atoms with Crippen LogP contribution >= 0.6 is 12.4 Å². The smallest absolute Gasteiger partial charge is 0.318 e. The first kappa shape index (κ1) is 10.9. The quantitative estimate of drug-likeness (QED) is 0.630. The number of carbonyl (C=O) groups is 1. The highest BCUT2D eigenvalue weighted by molar-refractivity contribution is 6.09. The Morgan fingerprint density at radius 2 is 2.25 bits per heavy atom. The lowest BCUT2D eigenvalue weighted by atomic mass is 9.99. The van der Waals surface area contributed by atoms with E-state index in [1.807, 2.05) is 0 Å². The fourth-order valence-corrected chi connectivity index (χ4v) is 0.874. The summed E-state index contributed by atoms with van der Waals surface area (Å²) in [4.78, 5) is 10.9. The van der Waals surface area contributed by atoms with E-state index >= 15 is 0 Å². The second-order valence-electron chi connectivity index (χ2n) is 2.20. The monoisotopic (exact) mass is 187 g/mol. The number of rotatable bonds is 1. The molecule has 0 aliphatic heterocycles. The second-order valence-corrected chi connectivity index (χ2v) is 2.20. The van der Waals surface area contributed by atoms with Gasteiger partial charge >= 0.3 is 5.97 Å². The lowest BCUT2D eigenvalue weighted by molar-refractivity contribution is -0.141. The molecule has 1 aliphatic carbocycles. The van der Waals surface area contributed by atoms with Gasteiger partial charge in [-0.05, 0) is 6.08 Å². The maximum Gasteiger partial charge on any atom is 0.318 e. The number of halogens is 1. The van der Waals surface area contributed by atoms with E-state index in [4.69, 9.17) is 5.41 Å². The number of carbonyl (C=O) groups excluding carboxylic acids is 1. The zero-order valence-corrected chi connectivity index (χ0v) is 7.43. The van der Waals surface area contributed by atoms with E-state index in [9.17, 15) is 4.79 Å². The Labute approximate surface area is 77.0 Å². The zero-order chi connectivity index (χ0) is 8.27. The van der Waals surface area contributed by atoms with Gasteiger partial charge in [-0.1, -0.05) is 18.2 Å². The summed E-state index contributed by atoms with van der Waals surface area (Å²) in [5.41, 5.74) is 0.277. The summed E-state index contributed by atoms with van der Waals surface area (Å²) < 4.78 is 4.50. The van der Waals surface area contributed by atoms with Crippen LogP contribution < -0.4 is 0 Å². The lowest BCUT2D eigenvalue weighted by Gasteiger charge is -2.10. The fourth-order valence-electron chi connectivity index (χ4n) is 0.874. The van der Waals surface area contributed by atoms with E-state index in [1.165, 1.54) is 7.11 Å². The summed E-state index contributed by atoms with van der Waals surface area (Å²) in [6.45, 7) is 0. The van der Waals surface area contributed by atoms with Crippen molar-refractivity contribution >= 4 is 24.1 Å². The van der Waals surface area contributed by atoms with Gasteiger partial charge in [-0.3, -0.25) is 4.79 Å². The third kappa shape index (κ3) is 2.20. The van der Waals surface area contributed by atoms with E-state index in [1.54, 1.807) is 24.3 Å². The van der Waals surface area contributed by atoms with Crippen LogP contribution in [0.1, 0.15) is 0 Å². The number of hydrogen-bond donors (Lipinski definition) is 1. The van der Waals surface area contributed by atoms with Crippen molar-refractivity contribution in [2.24, 2.45) is 5.92 Å². The molecular formula is C8H10ClNO2. The highest BCUT2D eigenvalue weighted by Crippen LogP contribution is 2.09. The molecule has 12 heavy (non-hydrogen) atoms. The highest BCUT2D eigenvalue weighted by Gasteiger charge is 2.20. The van der Waals surface area contributed by atoms with Gasteiger partial charge in [0.1, 0.15) is 5.92 Å². The normalized spacial score (nSPS) is 20.1. The molecule has 66 valence electrons. The molecule has 0 aromatic rings. The van der Waals surface area contributed by atoms with Gasteiger partial charge < -0.3 is 10.1 Å². The molecule has 0 heterocycles. The first-order chi connectivity index (χ1) is 5.25. The Bertz CT molecular complexity index is 245. The van der Waals surface area contributed by atoms with Crippen LogP contribution in [0.15, 0.2) is 24.3 Å². The van der Waals surface area contributed by atoms with Crippen molar-refractivity contribution in [3.05, 3.63) is 24.3 Å². The molecular weight excluding hydrogens is 178 g/mol. The van der Waals surface area contributed by atoms with Crippen LogP contribution in [0, 0.1) is 11.3 Å². The average Bonchev–Trinajstić information content (AvgIpc) is 2.04. The third-order valence-corrected chi connectivity index (χ3v) is 1.48. The predicted octanol–water partition coefficient (Wildman–Crippen LogP) is 1.34. The first-order valence-electron chi connectivity index (χ1n) is 3.27. The van der Waals surface area contributed by atoms with Gasteiger partial charge in [-0.15, -0.1) is 12.4 Å². The van der Waals surface area contributed by atoms with Crippen molar-refractivity contribution in [1.82, 2.24) is 0 Å². The average molecular weight is 188 g/mol. The van der Waals surface area contributed by atoms with Crippen molar-refractivity contribution in [3.63, 3.8) is 0 Å². The predicted molar refractivity (Wildman–Crippen MR) is 48.8 cm³/mol. The molecule has 0 amide bonds. The van der Waals surface area contributed by atoms with Gasteiger partial charge in [0.05, 0.1) is 7.11 Å². The number of ether oxygens (including phenoxy) is 1. The molecule has 0 aromatic heterocycles. The summed E-state index contributed by atoms with van der Waals surface area (Å²) in [7, 11) is 1.32.